The first-order valence-corrected chi connectivity index (χ1v) is 10.3. The highest BCUT2D eigenvalue weighted by Crippen LogP contribution is 2.35. The fourth-order valence-electron chi connectivity index (χ4n) is 3.56. The van der Waals surface area contributed by atoms with Crippen molar-refractivity contribution in [1.29, 1.82) is 0 Å². The Morgan fingerprint density at radius 2 is 1.83 bits per heavy atom. The minimum atomic E-state index is -0.635. The molecule has 1 amide bonds. The number of ether oxygens (including phenoxy) is 1. The minimum Gasteiger partial charge on any atom is -0.467 e. The molecule has 1 atom stereocenters. The molecule has 2 aromatic carbocycles. The standard InChI is InChI=1S/C22H24Cl2N2O3/c1-14(22(28)29-2)25-21(27)15-9-11-26(12-10-15)17-6-3-5-16(13-17)18-7-4-8-19(23)20(18)24/h3-8,13-15H,9-12H2,1-2H3,(H,25,27)/t14-/m0/s1. The Hall–Kier alpha value is -2.24. The van der Waals surface area contributed by atoms with Gasteiger partial charge in [-0.1, -0.05) is 47.5 Å². The van der Waals surface area contributed by atoms with Gasteiger partial charge >= 0.3 is 5.97 Å². The van der Waals surface area contributed by atoms with Crippen molar-refractivity contribution < 1.29 is 14.3 Å². The van der Waals surface area contributed by atoms with Crippen molar-refractivity contribution in [1.82, 2.24) is 5.32 Å². The van der Waals surface area contributed by atoms with Gasteiger partial charge in [0.15, 0.2) is 0 Å². The normalized spacial score (nSPS) is 15.7. The van der Waals surface area contributed by atoms with Gasteiger partial charge in [-0.15, -0.1) is 0 Å². The number of hydrogen-bond donors (Lipinski definition) is 1. The molecule has 0 spiro atoms. The van der Waals surface area contributed by atoms with E-state index in [9.17, 15) is 9.59 Å². The molecule has 154 valence electrons. The summed E-state index contributed by atoms with van der Waals surface area (Å²) >= 11 is 12.5. The van der Waals surface area contributed by atoms with E-state index in [2.05, 4.69) is 27.1 Å². The van der Waals surface area contributed by atoms with Crippen LogP contribution in [0, 0.1) is 5.92 Å². The van der Waals surface area contributed by atoms with Gasteiger partial charge in [0.1, 0.15) is 6.04 Å². The Bertz CT molecular complexity index is 895. The van der Waals surface area contributed by atoms with E-state index >= 15 is 0 Å². The van der Waals surface area contributed by atoms with Gasteiger partial charge in [0, 0.05) is 30.3 Å². The number of nitrogens with zero attached hydrogens (tertiary/aromatic N) is 1. The van der Waals surface area contributed by atoms with Crippen LogP contribution in [0.4, 0.5) is 5.69 Å². The van der Waals surface area contributed by atoms with Gasteiger partial charge in [-0.3, -0.25) is 4.79 Å². The lowest BCUT2D eigenvalue weighted by Gasteiger charge is -2.33. The van der Waals surface area contributed by atoms with Crippen molar-refractivity contribution in [2.75, 3.05) is 25.1 Å². The number of anilines is 1. The fraction of sp³-hybridized carbons (Fsp3) is 0.364. The maximum Gasteiger partial charge on any atom is 0.328 e. The molecule has 3 rings (SSSR count). The smallest absolute Gasteiger partial charge is 0.328 e. The van der Waals surface area contributed by atoms with E-state index in [4.69, 9.17) is 23.2 Å². The summed E-state index contributed by atoms with van der Waals surface area (Å²) in [4.78, 5) is 26.2. The number of rotatable bonds is 5. The van der Waals surface area contributed by atoms with E-state index in [1.54, 1.807) is 13.0 Å². The van der Waals surface area contributed by atoms with Gasteiger partial charge in [0.2, 0.25) is 5.91 Å². The zero-order chi connectivity index (χ0) is 21.0. The molecule has 2 aromatic rings. The van der Waals surface area contributed by atoms with E-state index < -0.39 is 12.0 Å². The molecule has 1 fully saturated rings. The van der Waals surface area contributed by atoms with E-state index in [0.717, 1.165) is 42.7 Å². The quantitative estimate of drug-likeness (QED) is 0.700. The molecular weight excluding hydrogens is 411 g/mol. The number of halogens is 2. The molecule has 1 heterocycles. The van der Waals surface area contributed by atoms with Gasteiger partial charge in [-0.05, 0) is 43.5 Å². The molecule has 29 heavy (non-hydrogen) atoms. The second-order valence-corrected chi connectivity index (χ2v) is 7.95. The van der Waals surface area contributed by atoms with Crippen LogP contribution in [0.3, 0.4) is 0 Å². The van der Waals surface area contributed by atoms with Gasteiger partial charge in [-0.25, -0.2) is 4.79 Å². The van der Waals surface area contributed by atoms with Crippen molar-refractivity contribution in [3.05, 3.63) is 52.5 Å². The lowest BCUT2D eigenvalue weighted by atomic mass is 9.95. The second-order valence-electron chi connectivity index (χ2n) is 7.17. The Morgan fingerprint density at radius 1 is 1.14 bits per heavy atom. The number of carbonyl (C=O) groups is 2. The molecule has 5 nitrogen and oxygen atoms in total. The summed E-state index contributed by atoms with van der Waals surface area (Å²) in [5.41, 5.74) is 2.98. The first-order valence-electron chi connectivity index (χ1n) is 9.58. The fourth-order valence-corrected chi connectivity index (χ4v) is 3.97. The topological polar surface area (TPSA) is 58.6 Å². The van der Waals surface area contributed by atoms with Crippen molar-refractivity contribution in [3.8, 4) is 11.1 Å². The maximum atomic E-state index is 12.4. The zero-order valence-corrected chi connectivity index (χ0v) is 18.0. The predicted molar refractivity (Wildman–Crippen MR) is 116 cm³/mol. The van der Waals surface area contributed by atoms with Crippen molar-refractivity contribution in [2.45, 2.75) is 25.8 Å². The van der Waals surface area contributed by atoms with Crippen LogP contribution in [0.15, 0.2) is 42.5 Å². The number of carbonyl (C=O) groups excluding carboxylic acids is 2. The highest BCUT2D eigenvalue weighted by atomic mass is 35.5. The number of nitrogens with one attached hydrogen (secondary N) is 1. The van der Waals surface area contributed by atoms with E-state index in [-0.39, 0.29) is 11.8 Å². The number of esters is 1. The van der Waals surface area contributed by atoms with Gasteiger partial charge in [-0.2, -0.15) is 0 Å². The highest BCUT2D eigenvalue weighted by molar-refractivity contribution is 6.43. The van der Waals surface area contributed by atoms with Gasteiger partial charge in [0.05, 0.1) is 17.2 Å². The highest BCUT2D eigenvalue weighted by Gasteiger charge is 2.27. The van der Waals surface area contributed by atoms with Gasteiger partial charge < -0.3 is 15.0 Å². The summed E-state index contributed by atoms with van der Waals surface area (Å²) in [6.07, 6.45) is 1.45. The molecule has 1 N–H and O–H groups in total. The third kappa shape index (κ3) is 5.03. The molecular formula is C22H24Cl2N2O3. The lowest BCUT2D eigenvalue weighted by Crippen LogP contribution is -2.45. The van der Waals surface area contributed by atoms with Crippen LogP contribution in [0.5, 0.6) is 0 Å². The molecule has 0 saturated carbocycles. The van der Waals surface area contributed by atoms with Crippen LogP contribution in [-0.2, 0) is 14.3 Å². The average molecular weight is 435 g/mol. The summed E-state index contributed by atoms with van der Waals surface area (Å²) in [5, 5.41) is 3.81. The summed E-state index contributed by atoms with van der Waals surface area (Å²) in [6.45, 7) is 3.15. The molecule has 0 unspecified atom stereocenters. The first kappa shape index (κ1) is 21.5. The maximum absolute atomic E-state index is 12.4. The SMILES string of the molecule is COC(=O)[C@H](C)NC(=O)C1CCN(c2cccc(-c3cccc(Cl)c3Cl)c2)CC1. The van der Waals surface area contributed by atoms with E-state index in [1.165, 1.54) is 7.11 Å². The number of hydrogen-bond acceptors (Lipinski definition) is 4. The molecule has 0 radical (unpaired) electrons. The summed E-state index contributed by atoms with van der Waals surface area (Å²) in [6, 6.07) is 13.1. The van der Waals surface area contributed by atoms with Crippen LogP contribution < -0.4 is 10.2 Å². The van der Waals surface area contributed by atoms with Crippen LogP contribution in [0.2, 0.25) is 10.0 Å². The third-order valence-corrected chi connectivity index (χ3v) is 6.07. The Kier molecular flexibility index (Phi) is 7.04. The molecule has 0 aliphatic carbocycles. The van der Waals surface area contributed by atoms with E-state index in [0.29, 0.717) is 10.0 Å². The van der Waals surface area contributed by atoms with Crippen LogP contribution in [-0.4, -0.2) is 38.1 Å². The summed E-state index contributed by atoms with van der Waals surface area (Å²) in [5.74, 6) is -0.641. The zero-order valence-electron chi connectivity index (χ0n) is 16.5. The molecule has 1 aliphatic rings. The monoisotopic (exact) mass is 434 g/mol. The van der Waals surface area contributed by atoms with Gasteiger partial charge in [0.25, 0.3) is 0 Å². The number of benzene rings is 2. The predicted octanol–water partition coefficient (Wildman–Crippen LogP) is 4.55. The van der Waals surface area contributed by atoms with Crippen LogP contribution in [0.25, 0.3) is 11.1 Å². The largest absolute Gasteiger partial charge is 0.467 e. The Balaban J connectivity index is 1.65. The van der Waals surface area contributed by atoms with E-state index in [1.807, 2.05) is 24.3 Å². The summed E-state index contributed by atoms with van der Waals surface area (Å²) in [7, 11) is 1.31. The molecule has 1 aliphatic heterocycles. The van der Waals surface area contributed by atoms with Crippen molar-refractivity contribution in [2.24, 2.45) is 5.92 Å². The molecule has 0 aromatic heterocycles. The molecule has 1 saturated heterocycles. The third-order valence-electron chi connectivity index (χ3n) is 5.25. The average Bonchev–Trinajstić information content (AvgIpc) is 2.75. The number of methoxy groups -OCH3 is 1. The Labute approximate surface area is 180 Å². The lowest BCUT2D eigenvalue weighted by molar-refractivity contribution is -0.145. The Morgan fingerprint density at radius 3 is 2.52 bits per heavy atom. The first-order chi connectivity index (χ1) is 13.9. The summed E-state index contributed by atoms with van der Waals surface area (Å²) < 4.78 is 4.66. The second kappa shape index (κ2) is 9.51. The minimum absolute atomic E-state index is 0.0954. The van der Waals surface area contributed by atoms with Crippen molar-refractivity contribution >= 4 is 40.8 Å². The number of piperidine rings is 1. The molecule has 0 bridgehead atoms. The van der Waals surface area contributed by atoms with Crippen LogP contribution >= 0.6 is 23.2 Å². The molecule has 7 heteroatoms. The van der Waals surface area contributed by atoms with Crippen molar-refractivity contribution in [3.63, 3.8) is 0 Å². The van der Waals surface area contributed by atoms with Crippen LogP contribution in [0.1, 0.15) is 19.8 Å². The number of amides is 1.